The molecule has 0 bridgehead atoms. The van der Waals surface area contributed by atoms with Crippen LogP contribution in [0.3, 0.4) is 0 Å². The second-order valence-corrected chi connectivity index (χ2v) is 12.7. The molecular formula is C22H28FN3O4S3. The number of piperidine rings is 1. The fourth-order valence-corrected chi connectivity index (χ4v) is 6.10. The molecule has 1 aromatic rings. The minimum absolute atomic E-state index is 0.00746. The number of amides is 3. The van der Waals surface area contributed by atoms with Gasteiger partial charge >= 0.3 is 6.03 Å². The maximum atomic E-state index is 14.5. The van der Waals surface area contributed by atoms with Crippen molar-refractivity contribution in [3.63, 3.8) is 0 Å². The highest BCUT2D eigenvalue weighted by molar-refractivity contribution is 8.16. The lowest BCUT2D eigenvalue weighted by molar-refractivity contribution is -0.140. The van der Waals surface area contributed by atoms with Crippen molar-refractivity contribution in [2.24, 2.45) is 11.3 Å². The first-order chi connectivity index (χ1) is 15.6. The van der Waals surface area contributed by atoms with Crippen LogP contribution in [0, 0.1) is 17.2 Å². The first-order valence-electron chi connectivity index (χ1n) is 11.2. The maximum Gasteiger partial charge on any atom is 0.320 e. The smallest absolute Gasteiger partial charge is 0.320 e. The normalized spacial score (nSPS) is 26.8. The molecule has 4 fully saturated rings. The monoisotopic (exact) mass is 513 g/mol. The summed E-state index contributed by atoms with van der Waals surface area (Å²) in [6, 6.07) is 4.63. The molecule has 0 radical (unpaired) electrons. The van der Waals surface area contributed by atoms with Crippen LogP contribution in [0.25, 0.3) is 0 Å². The van der Waals surface area contributed by atoms with Gasteiger partial charge in [0.2, 0.25) is 9.50 Å². The summed E-state index contributed by atoms with van der Waals surface area (Å²) >= 11 is 12.4. The van der Waals surface area contributed by atoms with Crippen LogP contribution in [-0.4, -0.2) is 70.3 Å². The first-order valence-corrected chi connectivity index (χ1v) is 12.5. The van der Waals surface area contributed by atoms with Gasteiger partial charge in [0.05, 0.1) is 12.1 Å². The molecule has 11 heteroatoms. The van der Waals surface area contributed by atoms with Crippen molar-refractivity contribution in [3.05, 3.63) is 29.6 Å². The van der Waals surface area contributed by atoms with Crippen LogP contribution in [-0.2, 0) is 16.0 Å². The van der Waals surface area contributed by atoms with Gasteiger partial charge in [-0.05, 0) is 43.7 Å². The average Bonchev–Trinajstić information content (AvgIpc) is 2.68. The number of urea groups is 1. The Morgan fingerprint density at radius 1 is 1.27 bits per heavy atom. The van der Waals surface area contributed by atoms with E-state index in [1.807, 2.05) is 9.80 Å². The van der Waals surface area contributed by atoms with Crippen LogP contribution < -0.4 is 10.1 Å². The molecule has 1 aromatic carbocycles. The van der Waals surface area contributed by atoms with Crippen LogP contribution >= 0.6 is 37.9 Å². The number of nitrogens with zero attached hydrogens (tertiary/aromatic N) is 2. The zero-order chi connectivity index (χ0) is 23.4. The van der Waals surface area contributed by atoms with Crippen molar-refractivity contribution in [3.8, 4) is 5.75 Å². The molecule has 33 heavy (non-hydrogen) atoms. The second kappa shape index (κ2) is 8.73. The molecular weight excluding hydrogens is 485 g/mol. The predicted octanol–water partition coefficient (Wildman–Crippen LogP) is 2.57. The van der Waals surface area contributed by atoms with Gasteiger partial charge in [0.15, 0.2) is 0 Å². The number of hydrogen-bond acceptors (Lipinski definition) is 7. The molecule has 1 aliphatic carbocycles. The van der Waals surface area contributed by atoms with Crippen LogP contribution in [0.5, 0.6) is 5.75 Å². The van der Waals surface area contributed by atoms with E-state index in [0.717, 1.165) is 32.4 Å². The summed E-state index contributed by atoms with van der Waals surface area (Å²) in [5.41, 5.74) is 0.652. The molecule has 180 valence electrons. The van der Waals surface area contributed by atoms with Crippen molar-refractivity contribution in [2.45, 2.75) is 41.4 Å². The lowest BCUT2D eigenvalue weighted by Gasteiger charge is -2.60. The van der Waals surface area contributed by atoms with Crippen molar-refractivity contribution >= 4 is 49.8 Å². The Balaban J connectivity index is 1.12. The Morgan fingerprint density at radius 2 is 2.03 bits per heavy atom. The largest absolute Gasteiger partial charge is 0.458 e. The number of carbonyl (C=O) groups excluding carboxylic acids is 2. The molecule has 1 N–H and O–H groups in total. The van der Waals surface area contributed by atoms with Gasteiger partial charge in [0.25, 0.3) is 0 Å². The highest BCUT2D eigenvalue weighted by atomic mass is 32.2. The van der Waals surface area contributed by atoms with E-state index in [4.69, 9.17) is 9.47 Å². The fraction of sp³-hybridized carbons (Fsp3) is 0.636. The highest BCUT2D eigenvalue weighted by Crippen LogP contribution is 2.53. The van der Waals surface area contributed by atoms with Gasteiger partial charge in [-0.2, -0.15) is 0 Å². The molecule has 3 amide bonds. The SMILES string of the molecule is O=C1CO[C@H]2CCN(C(=O)N3CC4(CC(Cc5c(F)cccc5OC(S)(S)S)C4)C3)C[C@H]2N1. The van der Waals surface area contributed by atoms with Crippen LogP contribution in [0.4, 0.5) is 9.18 Å². The number of halogens is 1. The van der Waals surface area contributed by atoms with Crippen LogP contribution in [0.1, 0.15) is 24.8 Å². The lowest BCUT2D eigenvalue weighted by Crippen LogP contribution is -2.68. The van der Waals surface area contributed by atoms with Crippen molar-refractivity contribution in [1.82, 2.24) is 15.1 Å². The molecule has 5 rings (SSSR count). The number of rotatable bonds is 4. The van der Waals surface area contributed by atoms with Gasteiger partial charge < -0.3 is 24.6 Å². The molecule has 7 nitrogen and oxygen atoms in total. The molecule has 0 aromatic heterocycles. The Labute approximate surface area is 208 Å². The molecule has 3 aliphatic heterocycles. The Hall–Kier alpha value is -1.30. The van der Waals surface area contributed by atoms with Gasteiger partial charge in [0, 0.05) is 37.2 Å². The Kier molecular flexibility index (Phi) is 6.20. The minimum atomic E-state index is -1.29. The number of ether oxygens (including phenoxy) is 2. The summed E-state index contributed by atoms with van der Waals surface area (Å²) in [5, 5.41) is 2.94. The van der Waals surface area contributed by atoms with Gasteiger partial charge in [-0.1, -0.05) is 6.07 Å². The number of thiol groups is 3. The third-order valence-corrected chi connectivity index (χ3v) is 7.45. The van der Waals surface area contributed by atoms with Gasteiger partial charge in [0.1, 0.15) is 18.2 Å². The fourth-order valence-electron chi connectivity index (χ4n) is 5.81. The van der Waals surface area contributed by atoms with E-state index in [9.17, 15) is 14.0 Å². The van der Waals surface area contributed by atoms with E-state index < -0.39 is 3.60 Å². The predicted molar refractivity (Wildman–Crippen MR) is 130 cm³/mol. The van der Waals surface area contributed by atoms with Crippen molar-refractivity contribution in [2.75, 3.05) is 32.8 Å². The van der Waals surface area contributed by atoms with E-state index in [2.05, 4.69) is 43.2 Å². The summed E-state index contributed by atoms with van der Waals surface area (Å²) in [4.78, 5) is 28.3. The summed E-state index contributed by atoms with van der Waals surface area (Å²) in [5.74, 6) is 0.311. The third kappa shape index (κ3) is 4.92. The molecule has 1 saturated carbocycles. The average molecular weight is 514 g/mol. The van der Waals surface area contributed by atoms with Gasteiger partial charge in [-0.15, -0.1) is 37.9 Å². The topological polar surface area (TPSA) is 71.1 Å². The quantitative estimate of drug-likeness (QED) is 0.369. The number of fused-ring (bicyclic) bond motifs is 1. The number of morpholine rings is 1. The number of likely N-dealkylation sites (tertiary alicyclic amines) is 2. The van der Waals surface area contributed by atoms with Crippen LogP contribution in [0.2, 0.25) is 0 Å². The van der Waals surface area contributed by atoms with Crippen molar-refractivity contribution < 1.29 is 23.5 Å². The number of hydrogen-bond donors (Lipinski definition) is 4. The van der Waals surface area contributed by atoms with E-state index >= 15 is 0 Å². The Bertz CT molecular complexity index is 945. The maximum absolute atomic E-state index is 14.5. The van der Waals surface area contributed by atoms with Crippen LogP contribution in [0.15, 0.2) is 18.2 Å². The van der Waals surface area contributed by atoms with E-state index in [-0.39, 0.29) is 41.9 Å². The molecule has 4 aliphatic rings. The van der Waals surface area contributed by atoms with Gasteiger partial charge in [-0.3, -0.25) is 4.79 Å². The summed E-state index contributed by atoms with van der Waals surface area (Å²) in [6.45, 7) is 2.68. The van der Waals surface area contributed by atoms with E-state index in [1.54, 1.807) is 12.1 Å². The zero-order valence-electron chi connectivity index (χ0n) is 18.1. The van der Waals surface area contributed by atoms with Crippen molar-refractivity contribution in [1.29, 1.82) is 0 Å². The van der Waals surface area contributed by atoms with E-state index in [0.29, 0.717) is 36.7 Å². The molecule has 0 unspecified atom stereocenters. The standard InChI is InChI=1S/C22H28FN3O4S3/c23-15-2-1-3-17(30-22(31,32)33)14(15)6-13-7-21(8-13)11-26(12-21)20(28)25-5-4-18-16(9-25)24-19(27)10-29-18/h1-3,13,16,18,31-33H,4-12H2,(H,24,27)/t16-,18+/m1/s1. The third-order valence-electron chi connectivity index (χ3n) is 7.18. The second-order valence-electron chi connectivity index (χ2n) is 9.77. The number of nitrogens with one attached hydrogen (secondary N) is 1. The molecule has 2 atom stereocenters. The molecule has 3 saturated heterocycles. The Morgan fingerprint density at radius 3 is 2.76 bits per heavy atom. The van der Waals surface area contributed by atoms with E-state index in [1.165, 1.54) is 6.07 Å². The minimum Gasteiger partial charge on any atom is -0.458 e. The molecule has 1 spiro atoms. The highest BCUT2D eigenvalue weighted by Gasteiger charge is 2.54. The molecule has 3 heterocycles. The lowest BCUT2D eigenvalue weighted by atomic mass is 9.56. The number of carbonyl (C=O) groups is 2. The summed E-state index contributed by atoms with van der Waals surface area (Å²) in [6.07, 6.45) is 3.20. The first kappa shape index (κ1) is 23.4. The number of benzene rings is 1. The van der Waals surface area contributed by atoms with Gasteiger partial charge in [-0.25, -0.2) is 9.18 Å². The zero-order valence-corrected chi connectivity index (χ0v) is 20.8. The summed E-state index contributed by atoms with van der Waals surface area (Å²) < 4.78 is 24.4. The summed E-state index contributed by atoms with van der Waals surface area (Å²) in [7, 11) is 0.